The Hall–Kier alpha value is -5.45. The van der Waals surface area contributed by atoms with Gasteiger partial charge in [-0.3, -0.25) is 28.1 Å². The number of hydrogen-bond acceptors (Lipinski definition) is 7. The van der Waals surface area contributed by atoms with Crippen molar-refractivity contribution in [2.45, 2.75) is 32.4 Å². The molecule has 3 aromatic carbocycles. The van der Waals surface area contributed by atoms with Crippen LogP contribution in [0.4, 0.5) is 26.0 Å². The van der Waals surface area contributed by atoms with E-state index in [-0.39, 0.29) is 40.6 Å². The van der Waals surface area contributed by atoms with Gasteiger partial charge in [-0.2, -0.15) is 0 Å². The van der Waals surface area contributed by atoms with Crippen LogP contribution >= 0.6 is 22.6 Å². The summed E-state index contributed by atoms with van der Waals surface area (Å²) in [6.07, 6.45) is 2.77. The molecule has 0 atom stereocenters. The minimum Gasteiger partial charge on any atom is -0.338 e. The van der Waals surface area contributed by atoms with Gasteiger partial charge in [-0.15, -0.1) is 5.10 Å². The lowest BCUT2D eigenvalue weighted by atomic mass is 10.1. The Morgan fingerprint density at radius 1 is 1.00 bits per heavy atom. The molecule has 0 spiro atoms. The van der Waals surface area contributed by atoms with Crippen LogP contribution in [-0.4, -0.2) is 34.6 Å². The molecule has 3 aromatic heterocycles. The number of benzene rings is 3. The molecular formula is C34H27F2IN8O4. The molecule has 0 radical (unpaired) electrons. The molecule has 7 rings (SSSR count). The zero-order chi connectivity index (χ0) is 34.6. The molecule has 12 nitrogen and oxygen atoms in total. The third-order valence-electron chi connectivity index (χ3n) is 8.29. The summed E-state index contributed by atoms with van der Waals surface area (Å²) < 4.78 is 34.3. The maximum atomic E-state index is 15.0. The SMILES string of the molecule is Cc1c(=O)n(C)c(Nc2ccc(I)cc2F)c2c(=O)n(C3CC3)c(=O)n(-c3cccc(NC(=O)Cn4cc(-c5cccc(F)c5)nn4)c3)c12. The van der Waals surface area contributed by atoms with E-state index in [0.29, 0.717) is 39.0 Å². The van der Waals surface area contributed by atoms with Crippen LogP contribution in [-0.2, 0) is 18.4 Å². The van der Waals surface area contributed by atoms with Gasteiger partial charge in [0.1, 0.15) is 35.1 Å². The molecule has 2 N–H and O–H groups in total. The molecule has 1 aliphatic carbocycles. The number of amides is 1. The van der Waals surface area contributed by atoms with Crippen molar-refractivity contribution < 1.29 is 13.6 Å². The molecule has 0 bridgehead atoms. The monoisotopic (exact) mass is 776 g/mol. The highest BCUT2D eigenvalue weighted by atomic mass is 127. The molecular weight excluding hydrogens is 749 g/mol. The summed E-state index contributed by atoms with van der Waals surface area (Å²) in [6, 6.07) is 16.5. The molecule has 3 heterocycles. The number of aryl methyl sites for hydroxylation is 1. The van der Waals surface area contributed by atoms with Crippen LogP contribution in [0, 0.1) is 22.1 Å². The number of rotatable bonds is 8. The zero-order valence-electron chi connectivity index (χ0n) is 26.1. The minimum atomic E-state index is -0.640. The fraction of sp³-hybridized carbons (Fsp3) is 0.176. The van der Waals surface area contributed by atoms with Gasteiger partial charge in [0, 0.05) is 33.5 Å². The summed E-state index contributed by atoms with van der Waals surface area (Å²) in [5.41, 5.74) is 0.0560. The molecule has 49 heavy (non-hydrogen) atoms. The van der Waals surface area contributed by atoms with Gasteiger partial charge in [0.05, 0.1) is 23.1 Å². The first kappa shape index (κ1) is 32.1. The number of carbonyl (C=O) groups excluding carboxylic acids is 1. The van der Waals surface area contributed by atoms with Gasteiger partial charge >= 0.3 is 5.69 Å². The largest absolute Gasteiger partial charge is 0.338 e. The van der Waals surface area contributed by atoms with E-state index in [4.69, 9.17) is 0 Å². The summed E-state index contributed by atoms with van der Waals surface area (Å²) in [4.78, 5) is 54.8. The Morgan fingerprint density at radius 3 is 2.51 bits per heavy atom. The summed E-state index contributed by atoms with van der Waals surface area (Å²) in [7, 11) is 1.48. The molecule has 0 saturated heterocycles. The van der Waals surface area contributed by atoms with Crippen LogP contribution in [0.3, 0.4) is 0 Å². The maximum absolute atomic E-state index is 15.0. The van der Waals surface area contributed by atoms with Gasteiger partial charge in [-0.25, -0.2) is 18.3 Å². The number of nitrogens with zero attached hydrogens (tertiary/aromatic N) is 6. The van der Waals surface area contributed by atoms with Gasteiger partial charge in [-0.1, -0.05) is 23.4 Å². The van der Waals surface area contributed by atoms with Crippen molar-refractivity contribution in [3.63, 3.8) is 0 Å². The molecule has 6 aromatic rings. The quantitative estimate of drug-likeness (QED) is 0.207. The van der Waals surface area contributed by atoms with Crippen molar-refractivity contribution in [3.8, 4) is 16.9 Å². The van der Waals surface area contributed by atoms with Crippen LogP contribution in [0.15, 0.2) is 87.3 Å². The number of halogens is 3. The first-order valence-electron chi connectivity index (χ1n) is 15.2. The molecule has 1 aliphatic rings. The van der Waals surface area contributed by atoms with Crippen molar-refractivity contribution >= 4 is 56.6 Å². The standard InChI is InChI=1S/C34H27F2IN8O4/c1-18-30-29(31(42(2)32(18)47)39-26-12-9-21(37)14-25(26)36)33(48)45(23-10-11-23)34(49)44(30)24-8-4-7-22(15-24)38-28(46)17-43-16-27(40-41-43)19-5-3-6-20(35)13-19/h3-9,12-16,23,39H,10-11,17H2,1-2H3,(H,38,46). The van der Waals surface area contributed by atoms with E-state index in [1.54, 1.807) is 42.5 Å². The predicted octanol–water partition coefficient (Wildman–Crippen LogP) is 5.02. The molecule has 1 fully saturated rings. The van der Waals surface area contributed by atoms with Crippen molar-refractivity contribution in [2.75, 3.05) is 10.6 Å². The summed E-state index contributed by atoms with van der Waals surface area (Å²) in [5.74, 6) is -1.42. The second-order valence-electron chi connectivity index (χ2n) is 11.7. The van der Waals surface area contributed by atoms with E-state index in [1.807, 2.05) is 22.6 Å². The lowest BCUT2D eigenvalue weighted by Gasteiger charge is -2.21. The number of fused-ring (bicyclic) bond motifs is 1. The Labute approximate surface area is 289 Å². The minimum absolute atomic E-state index is 0.0359. The second-order valence-corrected chi connectivity index (χ2v) is 13.0. The highest BCUT2D eigenvalue weighted by Gasteiger charge is 2.31. The lowest BCUT2D eigenvalue weighted by molar-refractivity contribution is -0.116. The van der Waals surface area contributed by atoms with Gasteiger partial charge in [-0.05, 0) is 90.9 Å². The number of pyridine rings is 1. The third-order valence-corrected chi connectivity index (χ3v) is 8.96. The van der Waals surface area contributed by atoms with E-state index in [9.17, 15) is 23.6 Å². The van der Waals surface area contributed by atoms with Crippen LogP contribution in [0.5, 0.6) is 0 Å². The highest BCUT2D eigenvalue weighted by Crippen LogP contribution is 2.34. The predicted molar refractivity (Wildman–Crippen MR) is 188 cm³/mol. The summed E-state index contributed by atoms with van der Waals surface area (Å²) >= 11 is 1.98. The van der Waals surface area contributed by atoms with Crippen molar-refractivity contribution in [2.24, 2.45) is 7.05 Å². The normalized spacial score (nSPS) is 12.8. The van der Waals surface area contributed by atoms with Crippen molar-refractivity contribution in [3.05, 3.63) is 125 Å². The molecule has 1 saturated carbocycles. The second kappa shape index (κ2) is 12.5. The zero-order valence-corrected chi connectivity index (χ0v) is 28.2. The Bertz CT molecular complexity index is 2500. The smallest absolute Gasteiger partial charge is 0.336 e. The Kier molecular flexibility index (Phi) is 8.22. The van der Waals surface area contributed by atoms with Crippen molar-refractivity contribution in [1.29, 1.82) is 0 Å². The van der Waals surface area contributed by atoms with E-state index in [2.05, 4.69) is 20.9 Å². The fourth-order valence-corrected chi connectivity index (χ4v) is 6.25. The Morgan fingerprint density at radius 2 is 1.78 bits per heavy atom. The number of aromatic nitrogens is 6. The van der Waals surface area contributed by atoms with Gasteiger partial charge in [0.25, 0.3) is 11.1 Å². The Balaban J connectivity index is 1.30. The average Bonchev–Trinajstić information content (AvgIpc) is 3.79. The number of nitrogens with one attached hydrogen (secondary N) is 2. The molecule has 1 amide bonds. The van der Waals surface area contributed by atoms with E-state index >= 15 is 4.39 Å². The first-order chi connectivity index (χ1) is 23.5. The number of carbonyl (C=O) groups is 1. The van der Waals surface area contributed by atoms with Gasteiger partial charge in [0.15, 0.2) is 0 Å². The van der Waals surface area contributed by atoms with E-state index < -0.39 is 34.3 Å². The van der Waals surface area contributed by atoms with Gasteiger partial charge in [0.2, 0.25) is 5.91 Å². The van der Waals surface area contributed by atoms with Gasteiger partial charge < -0.3 is 10.6 Å². The highest BCUT2D eigenvalue weighted by molar-refractivity contribution is 14.1. The van der Waals surface area contributed by atoms with Crippen LogP contribution in [0.1, 0.15) is 24.4 Å². The number of hydrogen-bond donors (Lipinski definition) is 2. The van der Waals surface area contributed by atoms with Crippen LogP contribution in [0.25, 0.3) is 27.8 Å². The topological polar surface area (TPSA) is 138 Å². The molecule has 0 unspecified atom stereocenters. The average molecular weight is 777 g/mol. The van der Waals surface area contributed by atoms with E-state index in [1.165, 1.54) is 62.8 Å². The lowest BCUT2D eigenvalue weighted by Crippen LogP contribution is -2.41. The summed E-state index contributed by atoms with van der Waals surface area (Å²) in [5, 5.41) is 13.8. The molecule has 0 aliphatic heterocycles. The molecule has 15 heteroatoms. The third kappa shape index (κ3) is 6.05. The van der Waals surface area contributed by atoms with Crippen LogP contribution < -0.4 is 27.4 Å². The maximum Gasteiger partial charge on any atom is 0.336 e. The fourth-order valence-electron chi connectivity index (χ4n) is 5.80. The van der Waals surface area contributed by atoms with E-state index in [0.717, 1.165) is 0 Å². The number of anilines is 3. The molecule has 248 valence electrons. The summed E-state index contributed by atoms with van der Waals surface area (Å²) in [6.45, 7) is 1.32. The first-order valence-corrected chi connectivity index (χ1v) is 16.3. The van der Waals surface area contributed by atoms with Crippen LogP contribution in [0.2, 0.25) is 0 Å². The van der Waals surface area contributed by atoms with Crippen molar-refractivity contribution in [1.82, 2.24) is 28.7 Å².